The highest BCUT2D eigenvalue weighted by Crippen LogP contribution is 2.45. The number of rotatable bonds is 32. The molecule has 49 heavy (non-hydrogen) atoms. The molecule has 0 aromatic heterocycles. The average Bonchev–Trinajstić information content (AvgIpc) is 3.11. The predicted octanol–water partition coefficient (Wildman–Crippen LogP) is -3.24. The SMILES string of the molecule is O=C(OCC(O)CO)C(CC(O)CO)C(CC(O)CO)C(CC(O)CO)C(CC(O)CO)C(CCCCCCCC(O)CO)CC(O)CO. The fraction of sp³-hybridized carbons (Fsp3) is 0.970. The summed E-state index contributed by atoms with van der Waals surface area (Å²) < 4.78 is 5.25. The van der Waals surface area contributed by atoms with E-state index in [-0.39, 0.29) is 32.3 Å². The number of hydrogen-bond donors (Lipinski definition) is 14. The molecule has 0 amide bonds. The number of carbonyl (C=O) groups is 1. The number of aliphatic hydroxyl groups is 14. The topological polar surface area (TPSA) is 310 Å². The van der Waals surface area contributed by atoms with Crippen LogP contribution in [0.1, 0.15) is 77.0 Å². The van der Waals surface area contributed by atoms with Crippen LogP contribution < -0.4 is 0 Å². The summed E-state index contributed by atoms with van der Waals surface area (Å²) in [4.78, 5) is 13.6. The molecule has 0 aromatic carbocycles. The molecule has 0 fully saturated rings. The molecule has 0 aliphatic rings. The second kappa shape index (κ2) is 28.5. The van der Waals surface area contributed by atoms with Crippen LogP contribution in [0.25, 0.3) is 0 Å². The summed E-state index contributed by atoms with van der Waals surface area (Å²) >= 11 is 0. The highest BCUT2D eigenvalue weighted by atomic mass is 16.5. The maximum absolute atomic E-state index is 13.6. The Labute approximate surface area is 289 Å². The van der Waals surface area contributed by atoms with Crippen molar-refractivity contribution >= 4 is 5.97 Å². The van der Waals surface area contributed by atoms with Gasteiger partial charge in [-0.2, -0.15) is 0 Å². The molecule has 0 aliphatic carbocycles. The van der Waals surface area contributed by atoms with Crippen molar-refractivity contribution in [2.24, 2.45) is 29.6 Å². The Hall–Kier alpha value is -1.09. The Bertz CT molecular complexity index is 794. The number of ether oxygens (including phenoxy) is 1. The monoisotopic (exact) mass is 718 g/mol. The summed E-state index contributed by atoms with van der Waals surface area (Å²) in [5.41, 5.74) is 0. The van der Waals surface area contributed by atoms with Crippen molar-refractivity contribution in [3.8, 4) is 0 Å². The number of esters is 1. The van der Waals surface area contributed by atoms with E-state index in [2.05, 4.69) is 0 Å². The molecule has 0 bridgehead atoms. The summed E-state index contributed by atoms with van der Waals surface area (Å²) in [6.07, 6.45) is -5.71. The Morgan fingerprint density at radius 1 is 0.408 bits per heavy atom. The lowest BCUT2D eigenvalue weighted by molar-refractivity contribution is -0.159. The van der Waals surface area contributed by atoms with Gasteiger partial charge in [-0.15, -0.1) is 0 Å². The molecule has 16 nitrogen and oxygen atoms in total. The van der Waals surface area contributed by atoms with Crippen molar-refractivity contribution in [2.45, 2.75) is 120 Å². The van der Waals surface area contributed by atoms with Crippen LogP contribution in [0.3, 0.4) is 0 Å². The molecule has 0 radical (unpaired) electrons. The van der Waals surface area contributed by atoms with Gasteiger partial charge in [0.25, 0.3) is 0 Å². The molecule has 294 valence electrons. The highest BCUT2D eigenvalue weighted by Gasteiger charge is 2.44. The van der Waals surface area contributed by atoms with Crippen LogP contribution in [0.2, 0.25) is 0 Å². The van der Waals surface area contributed by atoms with E-state index in [1.54, 1.807) is 0 Å². The van der Waals surface area contributed by atoms with Gasteiger partial charge in [0.05, 0.1) is 88.8 Å². The molecular weight excluding hydrogens is 652 g/mol. The number of unbranched alkanes of at least 4 members (excludes halogenated alkanes) is 4. The third kappa shape index (κ3) is 20.5. The van der Waals surface area contributed by atoms with Crippen molar-refractivity contribution in [2.75, 3.05) is 52.9 Å². The molecule has 0 rings (SSSR count). The Kier molecular flexibility index (Phi) is 27.9. The zero-order chi connectivity index (χ0) is 37.4. The van der Waals surface area contributed by atoms with E-state index in [0.29, 0.717) is 25.7 Å². The Morgan fingerprint density at radius 2 is 0.796 bits per heavy atom. The van der Waals surface area contributed by atoms with E-state index < -0.39 is 131 Å². The number of aliphatic hydroxyl groups excluding tert-OH is 14. The fourth-order valence-electron chi connectivity index (χ4n) is 6.68. The lowest BCUT2D eigenvalue weighted by Gasteiger charge is -2.43. The van der Waals surface area contributed by atoms with E-state index in [9.17, 15) is 71.2 Å². The highest BCUT2D eigenvalue weighted by molar-refractivity contribution is 5.73. The van der Waals surface area contributed by atoms with E-state index in [1.807, 2.05) is 0 Å². The molecule has 12 unspecified atom stereocenters. The minimum Gasteiger partial charge on any atom is -0.463 e. The molecule has 14 N–H and O–H groups in total. The molecule has 0 saturated carbocycles. The van der Waals surface area contributed by atoms with Crippen LogP contribution in [0.15, 0.2) is 0 Å². The van der Waals surface area contributed by atoms with Crippen molar-refractivity contribution in [1.29, 1.82) is 0 Å². The lowest BCUT2D eigenvalue weighted by atomic mass is 9.63. The molecule has 16 heteroatoms. The summed E-state index contributed by atoms with van der Waals surface area (Å²) in [6, 6.07) is 0. The zero-order valence-electron chi connectivity index (χ0n) is 28.6. The van der Waals surface area contributed by atoms with Gasteiger partial charge >= 0.3 is 5.97 Å². The molecule has 0 saturated heterocycles. The van der Waals surface area contributed by atoms with Crippen LogP contribution in [-0.4, -0.2) is 173 Å². The van der Waals surface area contributed by atoms with Gasteiger partial charge in [0.15, 0.2) is 0 Å². The van der Waals surface area contributed by atoms with E-state index >= 15 is 0 Å². The first-order chi connectivity index (χ1) is 23.3. The second-order valence-electron chi connectivity index (χ2n) is 13.4. The molecule has 0 aliphatic heterocycles. The Balaban J connectivity index is 6.93. The van der Waals surface area contributed by atoms with Gasteiger partial charge in [-0.3, -0.25) is 4.79 Å². The second-order valence-corrected chi connectivity index (χ2v) is 13.4. The maximum atomic E-state index is 13.6. The normalized spacial score (nSPS) is 19.6. The van der Waals surface area contributed by atoms with Crippen molar-refractivity contribution in [3.05, 3.63) is 0 Å². The van der Waals surface area contributed by atoms with Crippen molar-refractivity contribution < 1.29 is 81.0 Å². The number of hydrogen-bond acceptors (Lipinski definition) is 16. The molecule has 12 atom stereocenters. The molecular formula is C33H66O16. The predicted molar refractivity (Wildman–Crippen MR) is 175 cm³/mol. The summed E-state index contributed by atoms with van der Waals surface area (Å²) in [5, 5.41) is 140. The van der Waals surface area contributed by atoms with Crippen LogP contribution in [-0.2, 0) is 9.53 Å². The van der Waals surface area contributed by atoms with Gasteiger partial charge in [-0.05, 0) is 62.2 Å². The smallest absolute Gasteiger partial charge is 0.309 e. The minimum atomic E-state index is -1.47. The summed E-state index contributed by atoms with van der Waals surface area (Å²) in [7, 11) is 0. The molecule has 0 aromatic rings. The summed E-state index contributed by atoms with van der Waals surface area (Å²) in [5.74, 6) is -5.63. The molecule has 0 spiro atoms. The van der Waals surface area contributed by atoms with Crippen molar-refractivity contribution in [3.63, 3.8) is 0 Å². The van der Waals surface area contributed by atoms with Gasteiger partial charge in [0.2, 0.25) is 0 Å². The van der Waals surface area contributed by atoms with Crippen molar-refractivity contribution in [1.82, 2.24) is 0 Å². The fourth-order valence-corrected chi connectivity index (χ4v) is 6.68. The van der Waals surface area contributed by atoms with Gasteiger partial charge < -0.3 is 76.2 Å². The first-order valence-corrected chi connectivity index (χ1v) is 17.5. The van der Waals surface area contributed by atoms with Crippen LogP contribution in [0, 0.1) is 29.6 Å². The maximum Gasteiger partial charge on any atom is 0.309 e. The quantitative estimate of drug-likeness (QED) is 0.0240. The number of carbonyl (C=O) groups excluding carboxylic acids is 1. The van der Waals surface area contributed by atoms with E-state index in [1.165, 1.54) is 0 Å². The van der Waals surface area contributed by atoms with E-state index in [0.717, 1.165) is 19.3 Å². The third-order valence-electron chi connectivity index (χ3n) is 9.26. The van der Waals surface area contributed by atoms with Gasteiger partial charge in [-0.25, -0.2) is 0 Å². The molecule has 0 heterocycles. The van der Waals surface area contributed by atoms with Gasteiger partial charge in [-0.1, -0.05) is 38.5 Å². The standard InChI is InChI=1S/C33H66O16/c34-13-22(41)7-5-3-1-2-4-6-21(8-23(42)14-35)29(9-24(43)15-36)30(10-25(44)16-37)31(11-26(45)17-38)32(12-27(46)18-39)33(48)49-20-28(47)19-40/h21-32,34-47H,1-20H2. The third-order valence-corrected chi connectivity index (χ3v) is 9.26. The van der Waals surface area contributed by atoms with Crippen LogP contribution in [0.4, 0.5) is 0 Å². The van der Waals surface area contributed by atoms with Gasteiger partial charge in [0, 0.05) is 0 Å². The van der Waals surface area contributed by atoms with Crippen LogP contribution in [0.5, 0.6) is 0 Å². The van der Waals surface area contributed by atoms with E-state index in [4.69, 9.17) is 9.84 Å². The zero-order valence-corrected chi connectivity index (χ0v) is 28.6. The average molecular weight is 719 g/mol. The Morgan fingerprint density at radius 3 is 1.29 bits per heavy atom. The first kappa shape index (κ1) is 47.9. The summed E-state index contributed by atoms with van der Waals surface area (Å²) in [6.45, 7) is -5.16. The largest absolute Gasteiger partial charge is 0.463 e. The lowest BCUT2D eigenvalue weighted by Crippen LogP contribution is -2.44. The first-order valence-electron chi connectivity index (χ1n) is 17.5. The minimum absolute atomic E-state index is 0.0000714. The van der Waals surface area contributed by atoms with Crippen LogP contribution >= 0.6 is 0 Å². The van der Waals surface area contributed by atoms with Gasteiger partial charge in [0.1, 0.15) is 12.7 Å².